The second-order valence-electron chi connectivity index (χ2n) is 6.49. The third kappa shape index (κ3) is 4.80. The number of rotatable bonds is 4. The van der Waals surface area contributed by atoms with Crippen molar-refractivity contribution < 1.29 is 9.53 Å². The SMILES string of the molecule is CC(=C[SiH3])C(=O)OC([Si](C)(C)C)[Si](C)(C)C. The van der Waals surface area contributed by atoms with Crippen LogP contribution in [-0.2, 0) is 9.53 Å². The van der Waals surface area contributed by atoms with Gasteiger partial charge in [-0.3, -0.25) is 0 Å². The molecule has 0 spiro atoms. The smallest absolute Gasteiger partial charge is 0.332 e. The molecule has 0 radical (unpaired) electrons. The Hall–Kier alpha value is -0.139. The molecule has 0 aromatic heterocycles. The minimum absolute atomic E-state index is 0.107. The third-order valence-corrected chi connectivity index (χ3v) is 12.0. The molecule has 0 fully saturated rings. The van der Waals surface area contributed by atoms with E-state index >= 15 is 0 Å². The summed E-state index contributed by atoms with van der Waals surface area (Å²) in [6, 6.07) is 0. The average Bonchev–Trinajstić information content (AvgIpc) is 2.08. The van der Waals surface area contributed by atoms with E-state index in [0.29, 0.717) is 0 Å². The predicted molar refractivity (Wildman–Crippen MR) is 80.3 cm³/mol. The number of hydrogen-bond acceptors (Lipinski definition) is 2. The molecule has 0 aliphatic heterocycles. The van der Waals surface area contributed by atoms with Crippen molar-refractivity contribution in [3.63, 3.8) is 0 Å². The highest BCUT2D eigenvalue weighted by molar-refractivity contribution is 6.96. The minimum Gasteiger partial charge on any atom is -0.467 e. The van der Waals surface area contributed by atoms with E-state index in [-0.39, 0.29) is 11.3 Å². The molecule has 0 N–H and O–H groups in total. The molecule has 0 aromatic carbocycles. The summed E-state index contributed by atoms with van der Waals surface area (Å²) in [6.45, 7) is 15.5. The lowest BCUT2D eigenvalue weighted by Crippen LogP contribution is -2.56. The summed E-state index contributed by atoms with van der Waals surface area (Å²) in [4.78, 5) is 11.9. The van der Waals surface area contributed by atoms with Crippen LogP contribution in [0.4, 0.5) is 0 Å². The fourth-order valence-electron chi connectivity index (χ4n) is 1.97. The Bertz CT molecular complexity index is 271. The van der Waals surface area contributed by atoms with Crippen LogP contribution >= 0.6 is 0 Å². The van der Waals surface area contributed by atoms with Gasteiger partial charge < -0.3 is 4.74 Å². The molecule has 0 bridgehead atoms. The molecule has 94 valence electrons. The van der Waals surface area contributed by atoms with Crippen LogP contribution in [0.2, 0.25) is 39.3 Å². The summed E-state index contributed by atoms with van der Waals surface area (Å²) in [5, 5.41) is 0.198. The topological polar surface area (TPSA) is 26.3 Å². The van der Waals surface area contributed by atoms with Gasteiger partial charge in [-0.1, -0.05) is 45.0 Å². The first-order chi connectivity index (χ1) is 7.00. The van der Waals surface area contributed by atoms with Crippen LogP contribution in [0.5, 0.6) is 0 Å². The first-order valence-electron chi connectivity index (χ1n) is 5.84. The summed E-state index contributed by atoms with van der Waals surface area (Å²) in [6.07, 6.45) is 0. The first-order valence-corrected chi connectivity index (χ1v) is 14.1. The zero-order valence-electron chi connectivity index (χ0n) is 12.0. The van der Waals surface area contributed by atoms with Crippen LogP contribution in [0.1, 0.15) is 6.92 Å². The molecule has 0 unspecified atom stereocenters. The van der Waals surface area contributed by atoms with E-state index in [2.05, 4.69) is 39.3 Å². The summed E-state index contributed by atoms with van der Waals surface area (Å²) in [5.41, 5.74) is 2.72. The zero-order valence-corrected chi connectivity index (χ0v) is 16.0. The van der Waals surface area contributed by atoms with Gasteiger partial charge in [0, 0.05) is 15.8 Å². The van der Waals surface area contributed by atoms with Gasteiger partial charge in [0.25, 0.3) is 0 Å². The molecule has 0 aliphatic rings. The number of carbonyl (C=O) groups excluding carboxylic acids is 1. The fourth-order valence-corrected chi connectivity index (χ4v) is 13.5. The van der Waals surface area contributed by atoms with Crippen LogP contribution in [0, 0.1) is 0 Å². The molecule has 0 rings (SSSR count). The molecule has 0 saturated carbocycles. The summed E-state index contributed by atoms with van der Waals surface area (Å²) >= 11 is 0. The van der Waals surface area contributed by atoms with E-state index in [1.165, 1.54) is 0 Å². The summed E-state index contributed by atoms with van der Waals surface area (Å²) < 4.78 is 5.77. The van der Waals surface area contributed by atoms with Gasteiger partial charge >= 0.3 is 5.97 Å². The highest BCUT2D eigenvalue weighted by Crippen LogP contribution is 2.23. The Morgan fingerprint density at radius 1 is 1.12 bits per heavy atom. The maximum Gasteiger partial charge on any atom is 0.332 e. The number of esters is 1. The Morgan fingerprint density at radius 2 is 1.50 bits per heavy atom. The predicted octanol–water partition coefficient (Wildman–Crippen LogP) is 1.92. The minimum atomic E-state index is -1.44. The second-order valence-corrected chi connectivity index (χ2v) is 18.2. The first kappa shape index (κ1) is 15.9. The average molecular weight is 275 g/mol. The molecule has 0 aromatic rings. The van der Waals surface area contributed by atoms with E-state index in [1.54, 1.807) is 0 Å². The number of ether oxygens (including phenoxy) is 1. The van der Waals surface area contributed by atoms with Crippen LogP contribution in [0.15, 0.2) is 11.3 Å². The third-order valence-electron chi connectivity index (χ3n) is 2.55. The number of hydrogen-bond donors (Lipinski definition) is 0. The van der Waals surface area contributed by atoms with Gasteiger partial charge in [-0.2, -0.15) is 0 Å². The summed E-state index contributed by atoms with van der Waals surface area (Å²) in [7, 11) is -1.97. The van der Waals surface area contributed by atoms with Gasteiger partial charge in [0.05, 0.1) is 21.5 Å². The lowest BCUT2D eigenvalue weighted by Gasteiger charge is -2.37. The zero-order chi connectivity index (χ0) is 13.1. The van der Waals surface area contributed by atoms with Crippen molar-refractivity contribution in [3.8, 4) is 0 Å². The molecule has 0 saturated heterocycles. The van der Waals surface area contributed by atoms with E-state index < -0.39 is 16.1 Å². The molecule has 5 heteroatoms. The lowest BCUT2D eigenvalue weighted by atomic mass is 10.4. The van der Waals surface area contributed by atoms with E-state index in [9.17, 15) is 4.79 Å². The Balaban J connectivity index is 4.92. The van der Waals surface area contributed by atoms with Crippen molar-refractivity contribution >= 4 is 32.4 Å². The largest absolute Gasteiger partial charge is 0.467 e. The van der Waals surface area contributed by atoms with Crippen molar-refractivity contribution in [1.82, 2.24) is 0 Å². The Labute approximate surface area is 105 Å². The van der Waals surface area contributed by atoms with Crippen molar-refractivity contribution in [1.29, 1.82) is 0 Å². The molecule has 2 nitrogen and oxygen atoms in total. The second kappa shape index (κ2) is 5.46. The van der Waals surface area contributed by atoms with Crippen molar-refractivity contribution in [2.24, 2.45) is 0 Å². The van der Waals surface area contributed by atoms with E-state index in [1.807, 2.05) is 12.6 Å². The van der Waals surface area contributed by atoms with Crippen LogP contribution in [0.3, 0.4) is 0 Å². The number of carbonyl (C=O) groups is 1. The van der Waals surface area contributed by atoms with Crippen molar-refractivity contribution in [2.45, 2.75) is 51.6 Å². The summed E-state index contributed by atoms with van der Waals surface area (Å²) in [5.74, 6) is -0.107. The molecule has 0 heterocycles. The Morgan fingerprint density at radius 3 is 1.75 bits per heavy atom. The van der Waals surface area contributed by atoms with Gasteiger partial charge in [0.15, 0.2) is 0 Å². The normalized spacial score (nSPS) is 14.4. The maximum atomic E-state index is 11.9. The molecule has 0 atom stereocenters. The van der Waals surface area contributed by atoms with Crippen LogP contribution in [0.25, 0.3) is 0 Å². The van der Waals surface area contributed by atoms with Gasteiger partial charge in [-0.15, -0.1) is 0 Å². The standard InChI is InChI=1S/C11H26O2Si3/c1-9(8-14)10(12)13-11(15(2,3)4)16(5,6)7/h8,11H,1-7,14H3. The molecule has 0 aliphatic carbocycles. The highest BCUT2D eigenvalue weighted by atomic mass is 28.4. The van der Waals surface area contributed by atoms with E-state index in [0.717, 1.165) is 15.8 Å². The molecule has 0 amide bonds. The van der Waals surface area contributed by atoms with Crippen molar-refractivity contribution in [3.05, 3.63) is 11.3 Å². The van der Waals surface area contributed by atoms with Gasteiger partial charge in [0.1, 0.15) is 0 Å². The monoisotopic (exact) mass is 274 g/mol. The van der Waals surface area contributed by atoms with Crippen LogP contribution < -0.4 is 0 Å². The molecular formula is C11H26O2Si3. The van der Waals surface area contributed by atoms with Gasteiger partial charge in [0.2, 0.25) is 0 Å². The quantitative estimate of drug-likeness (QED) is 0.445. The van der Waals surface area contributed by atoms with Gasteiger partial charge in [-0.05, 0) is 6.92 Å². The van der Waals surface area contributed by atoms with E-state index in [4.69, 9.17) is 4.74 Å². The highest BCUT2D eigenvalue weighted by Gasteiger charge is 2.40. The lowest BCUT2D eigenvalue weighted by molar-refractivity contribution is -0.138. The van der Waals surface area contributed by atoms with Crippen LogP contribution in [-0.4, -0.2) is 37.7 Å². The van der Waals surface area contributed by atoms with Gasteiger partial charge in [-0.25, -0.2) is 4.79 Å². The molecule has 16 heavy (non-hydrogen) atoms. The maximum absolute atomic E-state index is 11.9. The molecular weight excluding hydrogens is 248 g/mol. The Kier molecular flexibility index (Phi) is 5.42. The van der Waals surface area contributed by atoms with Crippen molar-refractivity contribution in [2.75, 3.05) is 0 Å². The fraction of sp³-hybridized carbons (Fsp3) is 0.727.